The molecule has 1 N–H and O–H groups in total. The summed E-state index contributed by atoms with van der Waals surface area (Å²) in [4.78, 5) is 46.9. The van der Waals surface area contributed by atoms with Crippen LogP contribution in [-0.4, -0.2) is 58.3 Å². The zero-order valence-electron chi connectivity index (χ0n) is 20.4. The Morgan fingerprint density at radius 1 is 1.06 bits per heavy atom. The van der Waals surface area contributed by atoms with Gasteiger partial charge < -0.3 is 10.1 Å². The van der Waals surface area contributed by atoms with Crippen LogP contribution in [0.1, 0.15) is 79.4 Å². The maximum absolute atomic E-state index is 12.2. The molecule has 0 spiro atoms. The van der Waals surface area contributed by atoms with E-state index >= 15 is 0 Å². The van der Waals surface area contributed by atoms with Crippen molar-refractivity contribution in [3.8, 4) is 0 Å². The van der Waals surface area contributed by atoms with Gasteiger partial charge in [-0.05, 0) is 39.0 Å². The highest BCUT2D eigenvalue weighted by molar-refractivity contribution is 8.04. The lowest BCUT2D eigenvalue weighted by molar-refractivity contribution is -0.142. The van der Waals surface area contributed by atoms with E-state index in [0.29, 0.717) is 40.6 Å². The molecular weight excluding hydrogens is 465 g/mol. The van der Waals surface area contributed by atoms with Gasteiger partial charge in [0.15, 0.2) is 0 Å². The fraction of sp³-hybridized carbons (Fsp3) is 0.826. The van der Waals surface area contributed by atoms with Crippen LogP contribution in [0.2, 0.25) is 0 Å². The van der Waals surface area contributed by atoms with Crippen LogP contribution in [0.5, 0.6) is 0 Å². The monoisotopic (exact) mass is 507 g/mol. The van der Waals surface area contributed by atoms with Crippen LogP contribution in [0.3, 0.4) is 0 Å². The minimum absolute atomic E-state index is 0.122. The topological polar surface area (TPSA) is 89.5 Å². The molecule has 1 saturated carbocycles. The van der Waals surface area contributed by atoms with Crippen molar-refractivity contribution < 1.29 is 25.3 Å². The molecule has 6 nitrogen and oxygen atoms in total. The molecule has 0 bridgehead atoms. The molecule has 9 heteroatoms. The first-order chi connectivity index (χ1) is 15.7. The van der Waals surface area contributed by atoms with Crippen LogP contribution < -0.4 is 5.32 Å². The second kappa shape index (κ2) is 17.8. The first-order valence-electron chi connectivity index (χ1n) is 12.2. The average Bonchev–Trinajstić information content (AvgIpc) is 2.72. The lowest BCUT2D eigenvalue weighted by Crippen LogP contribution is -2.35. The van der Waals surface area contributed by atoms with Gasteiger partial charge in [-0.1, -0.05) is 41.8 Å². The zero-order chi connectivity index (χ0) is 24.6. The Morgan fingerprint density at radius 3 is 2.28 bits per heavy atom. The smallest absolute Gasteiger partial charge is 0.325 e. The number of nitrogens with one attached hydrogen (secondary N) is 1. The molecule has 4 unspecified atom stereocenters. The van der Waals surface area contributed by atoms with Gasteiger partial charge in [-0.25, -0.2) is 0 Å². The Balaban J connectivity index is 2.04. The van der Waals surface area contributed by atoms with E-state index in [1.165, 1.54) is 0 Å². The van der Waals surface area contributed by atoms with Gasteiger partial charge in [0, 0.05) is 22.8 Å². The van der Waals surface area contributed by atoms with Crippen molar-refractivity contribution in [1.82, 2.24) is 5.32 Å². The van der Waals surface area contributed by atoms with Crippen LogP contribution >= 0.6 is 32.8 Å². The highest BCUT2D eigenvalue weighted by Crippen LogP contribution is 2.40. The summed E-state index contributed by atoms with van der Waals surface area (Å²) in [6, 6.07) is 0. The Labute approximate surface area is 205 Å². The maximum atomic E-state index is 12.2. The number of carbonyl (C=O) groups excluding carboxylic acids is 4. The van der Waals surface area contributed by atoms with Crippen LogP contribution in [0, 0.1) is 5.92 Å². The predicted octanol–water partition coefficient (Wildman–Crippen LogP) is 4.39. The molecule has 184 valence electrons. The van der Waals surface area contributed by atoms with Gasteiger partial charge >= 0.3 is 5.97 Å². The molecule has 0 radical (unpaired) electrons. The van der Waals surface area contributed by atoms with Gasteiger partial charge in [0.05, 0.1) is 12.9 Å². The molecule has 0 aromatic carbocycles. The number of ether oxygens (including phenoxy) is 1. The molecule has 1 aliphatic carbocycles. The van der Waals surface area contributed by atoms with Crippen molar-refractivity contribution in [2.24, 2.45) is 5.92 Å². The molecule has 0 saturated heterocycles. The molecule has 0 aromatic rings. The lowest BCUT2D eigenvalue weighted by Gasteiger charge is -2.35. The normalized spacial score (nSPS) is 19.9. The van der Waals surface area contributed by atoms with Gasteiger partial charge in [-0.2, -0.15) is 0 Å². The number of Topliss-reactive ketones (excluding diaryl/α,β-unsaturated/α-hetero) is 2. The number of unbranched alkanes of at least 4 members (excludes halogenated alkanes) is 4. The van der Waals surface area contributed by atoms with Crippen molar-refractivity contribution in [3.63, 3.8) is 0 Å². The highest BCUT2D eigenvalue weighted by Gasteiger charge is 2.32. The first kappa shape index (κ1) is 27.7. The molecule has 1 amide bonds. The second-order valence-corrected chi connectivity index (χ2v) is 11.0. The molecular formula is C23H40NO5PS2. The number of carbonyl (C=O) groups is 4. The quantitative estimate of drug-likeness (QED) is 0.158. The summed E-state index contributed by atoms with van der Waals surface area (Å²) in [7, 11) is 2.05. The Kier molecular flexibility index (Phi) is 15.4. The Hall–Kier alpha value is -0.590. The number of hydrogen-bond acceptors (Lipinski definition) is 7. The molecule has 5 atom stereocenters. The van der Waals surface area contributed by atoms with Gasteiger partial charge in [-0.3, -0.25) is 19.2 Å². The number of thioether (sulfide) groups is 2. The number of hydrogen-bond donors (Lipinski definition) is 1. The molecule has 0 aliphatic heterocycles. The molecule has 0 heterocycles. The van der Waals surface area contributed by atoms with Crippen molar-refractivity contribution in [3.05, 3.63) is 0 Å². The third kappa shape index (κ3) is 13.2. The van der Waals surface area contributed by atoms with Crippen LogP contribution in [-0.2, 0) is 23.9 Å². The molecule has 1 aliphatic rings. The number of esters is 1. The molecule has 1 fully saturated rings. The standard InChI is InChI=1S/C23H40NO5PS2/c1-3-18(23(28)24-13-22(27)29-16-30)9-7-5-4-6-8-10-19(26)15-32-21-12-11-20(21)31-14-17(2)25/h18,20-21H,3-16,30H2,1-2H3,(H,24,28)/t18-,20?,21?/m0/s1/i16T/t16?,18-,20?,21?. The van der Waals surface area contributed by atoms with E-state index in [2.05, 4.69) is 19.3 Å². The summed E-state index contributed by atoms with van der Waals surface area (Å²) in [6.45, 7) is 3.38. The highest BCUT2D eigenvalue weighted by atomic mass is 32.2. The third-order valence-electron chi connectivity index (χ3n) is 5.59. The van der Waals surface area contributed by atoms with Crippen molar-refractivity contribution in [2.75, 3.05) is 24.4 Å². The van der Waals surface area contributed by atoms with E-state index in [4.69, 9.17) is 1.37 Å². The van der Waals surface area contributed by atoms with Crippen molar-refractivity contribution in [1.29, 1.82) is 0 Å². The summed E-state index contributed by atoms with van der Waals surface area (Å²) in [5, 5.41) is 3.64. The summed E-state index contributed by atoms with van der Waals surface area (Å²) >= 11 is 3.50. The van der Waals surface area contributed by atoms with E-state index in [9.17, 15) is 19.2 Å². The lowest BCUT2D eigenvalue weighted by atomic mass is 9.97. The maximum Gasteiger partial charge on any atom is 0.325 e. The molecule has 32 heavy (non-hydrogen) atoms. The predicted molar refractivity (Wildman–Crippen MR) is 137 cm³/mol. The molecule has 1 rings (SSSR count). The fourth-order valence-electron chi connectivity index (χ4n) is 3.50. The van der Waals surface area contributed by atoms with E-state index in [1.807, 2.05) is 6.92 Å². The van der Waals surface area contributed by atoms with E-state index in [-0.39, 0.29) is 24.2 Å². The van der Waals surface area contributed by atoms with Gasteiger partial charge in [0.1, 0.15) is 24.4 Å². The minimum atomic E-state index is -1.01. The summed E-state index contributed by atoms with van der Waals surface area (Å²) in [6.07, 6.45) is 8.39. The number of ketones is 2. The van der Waals surface area contributed by atoms with E-state index in [1.54, 1.807) is 30.4 Å². The van der Waals surface area contributed by atoms with E-state index in [0.717, 1.165) is 51.4 Å². The minimum Gasteiger partial charge on any atom is -0.460 e. The van der Waals surface area contributed by atoms with E-state index < -0.39 is 12.3 Å². The fourth-order valence-corrected chi connectivity index (χ4v) is 6.42. The third-order valence-corrected chi connectivity index (χ3v) is 8.94. The molecule has 0 aromatic heterocycles. The summed E-state index contributed by atoms with van der Waals surface area (Å²) in [5.41, 5.74) is 0. The van der Waals surface area contributed by atoms with Gasteiger partial charge in [0.2, 0.25) is 5.91 Å². The Morgan fingerprint density at radius 2 is 1.69 bits per heavy atom. The SMILES string of the molecule is [3H]C(P)OC(=O)CNC(=O)[C@@H](CC)CCCCCCCC(=O)CSC1CCC1SCC(C)=O. The Bertz CT molecular complexity index is 638. The first-order valence-corrected chi connectivity index (χ1v) is 14.4. The van der Waals surface area contributed by atoms with Gasteiger partial charge in [-0.15, -0.1) is 23.5 Å². The second-order valence-electron chi connectivity index (χ2n) is 8.27. The average molecular weight is 508 g/mol. The summed E-state index contributed by atoms with van der Waals surface area (Å²) in [5.74, 6) is 0.834. The van der Waals surface area contributed by atoms with Crippen molar-refractivity contribution >= 4 is 56.2 Å². The largest absolute Gasteiger partial charge is 0.460 e. The van der Waals surface area contributed by atoms with Crippen LogP contribution in [0.15, 0.2) is 0 Å². The zero-order valence-corrected chi connectivity index (χ0v) is 22.2. The van der Waals surface area contributed by atoms with Crippen molar-refractivity contribution in [2.45, 2.75) is 88.6 Å². The van der Waals surface area contributed by atoms with Gasteiger partial charge in [0.25, 0.3) is 0 Å². The number of amides is 1. The van der Waals surface area contributed by atoms with Crippen LogP contribution in [0.25, 0.3) is 0 Å². The summed E-state index contributed by atoms with van der Waals surface area (Å²) < 4.78 is 11.8. The number of rotatable bonds is 19. The van der Waals surface area contributed by atoms with Crippen LogP contribution in [0.4, 0.5) is 0 Å².